The number of benzene rings is 2. The molecule has 0 N–H and O–H groups in total. The first kappa shape index (κ1) is 26.6. The number of sulfone groups is 2. The lowest BCUT2D eigenvalue weighted by Crippen LogP contribution is -2.20. The lowest BCUT2D eigenvalue weighted by Gasteiger charge is -2.06. The number of carbonyl (C=O) groups excluding carboxylic acids is 1. The van der Waals surface area contributed by atoms with Crippen LogP contribution in [-0.2, 0) is 35.8 Å². The van der Waals surface area contributed by atoms with Crippen LogP contribution in [0.2, 0.25) is 5.02 Å². The Labute approximate surface area is 207 Å². The van der Waals surface area contributed by atoms with E-state index in [1.54, 1.807) is 12.1 Å². The minimum Gasteiger partial charge on any atom is -0.380 e. The van der Waals surface area contributed by atoms with Crippen molar-refractivity contribution in [3.05, 3.63) is 52.3 Å². The van der Waals surface area contributed by atoms with E-state index < -0.39 is 25.6 Å². The lowest BCUT2D eigenvalue weighted by molar-refractivity contribution is -0.118. The molecule has 0 unspecified atom stereocenters. The van der Waals surface area contributed by atoms with Gasteiger partial charge in [-0.2, -0.15) is 4.99 Å². The van der Waals surface area contributed by atoms with E-state index in [2.05, 4.69) is 4.99 Å². The van der Waals surface area contributed by atoms with Gasteiger partial charge in [0.25, 0.3) is 0 Å². The number of fused-ring (bicyclic) bond motifs is 1. The monoisotopic (exact) mass is 544 g/mol. The van der Waals surface area contributed by atoms with E-state index in [-0.39, 0.29) is 28.4 Å². The van der Waals surface area contributed by atoms with Gasteiger partial charge in [-0.15, -0.1) is 0 Å². The topological polar surface area (TPSA) is 112 Å². The third-order valence-electron chi connectivity index (χ3n) is 4.94. The second-order valence-corrected chi connectivity index (χ2v) is 13.1. The number of carbonyl (C=O) groups is 1. The Bertz CT molecular complexity index is 1460. The molecule has 0 saturated carbocycles. The number of rotatable bonds is 10. The molecule has 1 heterocycles. The highest BCUT2D eigenvalue weighted by Gasteiger charge is 2.16. The molecule has 8 nitrogen and oxygen atoms in total. The third-order valence-corrected chi connectivity index (χ3v) is 9.16. The molecule has 3 aromatic rings. The van der Waals surface area contributed by atoms with Crippen LogP contribution in [0.25, 0.3) is 10.2 Å². The number of halogens is 1. The summed E-state index contributed by atoms with van der Waals surface area (Å²) in [7, 11) is -6.92. The van der Waals surface area contributed by atoms with Crippen molar-refractivity contribution >= 4 is 58.7 Å². The third kappa shape index (κ3) is 6.76. The molecule has 0 aliphatic heterocycles. The first-order valence-corrected chi connectivity index (χ1v) is 15.2. The Morgan fingerprint density at radius 2 is 1.76 bits per heavy atom. The van der Waals surface area contributed by atoms with Crippen molar-refractivity contribution in [3.8, 4) is 0 Å². The standard InChI is InChI=1S/C22H25ClN2O6S3/c1-3-31-13-12-25-19-11-10-18(33(2,27)28)15-20(19)32-22(25)24-21(26)5-4-14-34(29,30)17-8-6-16(23)7-9-17/h6-11,15H,3-5,12-14H2,1-2H3. The fraction of sp³-hybridized carbons (Fsp3) is 0.364. The highest BCUT2D eigenvalue weighted by Crippen LogP contribution is 2.22. The summed E-state index contributed by atoms with van der Waals surface area (Å²) in [5.74, 6) is -0.643. The number of amides is 1. The van der Waals surface area contributed by atoms with Crippen LogP contribution in [0.5, 0.6) is 0 Å². The van der Waals surface area contributed by atoms with Gasteiger partial charge in [0, 0.05) is 30.9 Å². The Balaban J connectivity index is 1.82. The molecule has 0 radical (unpaired) electrons. The molecule has 0 aliphatic carbocycles. The first-order chi connectivity index (χ1) is 16.0. The zero-order valence-corrected chi connectivity index (χ0v) is 21.9. The van der Waals surface area contributed by atoms with E-state index in [9.17, 15) is 21.6 Å². The van der Waals surface area contributed by atoms with E-state index in [4.69, 9.17) is 16.3 Å². The molecule has 1 aromatic heterocycles. The summed E-state index contributed by atoms with van der Waals surface area (Å²) in [6, 6.07) is 10.7. The van der Waals surface area contributed by atoms with Gasteiger partial charge in [-0.1, -0.05) is 22.9 Å². The number of hydrogen-bond acceptors (Lipinski definition) is 7. The van der Waals surface area contributed by atoms with E-state index in [0.29, 0.717) is 34.3 Å². The maximum atomic E-state index is 12.6. The molecule has 0 spiro atoms. The fourth-order valence-corrected chi connectivity index (χ4v) is 6.49. The average molecular weight is 545 g/mol. The van der Waals surface area contributed by atoms with Gasteiger partial charge in [-0.05, 0) is 55.8 Å². The Morgan fingerprint density at radius 3 is 2.41 bits per heavy atom. The molecule has 3 rings (SSSR count). The van der Waals surface area contributed by atoms with Crippen LogP contribution in [-0.4, -0.2) is 52.5 Å². The maximum Gasteiger partial charge on any atom is 0.248 e. The van der Waals surface area contributed by atoms with Crippen LogP contribution < -0.4 is 4.80 Å². The highest BCUT2D eigenvalue weighted by molar-refractivity contribution is 7.91. The molecule has 0 fully saturated rings. The van der Waals surface area contributed by atoms with Gasteiger partial charge in [0.05, 0.1) is 32.4 Å². The molecule has 1 amide bonds. The van der Waals surface area contributed by atoms with Crippen molar-refractivity contribution in [2.75, 3.05) is 25.2 Å². The molecule has 2 aromatic carbocycles. The van der Waals surface area contributed by atoms with Gasteiger partial charge in [-0.25, -0.2) is 16.8 Å². The number of aromatic nitrogens is 1. The van der Waals surface area contributed by atoms with E-state index in [0.717, 1.165) is 11.8 Å². The van der Waals surface area contributed by atoms with Crippen LogP contribution in [0.15, 0.2) is 57.2 Å². The first-order valence-electron chi connectivity index (χ1n) is 10.5. The Hall–Kier alpha value is -2.05. The molecular weight excluding hydrogens is 520 g/mol. The summed E-state index contributed by atoms with van der Waals surface area (Å²) >= 11 is 7.01. The maximum absolute atomic E-state index is 12.6. The van der Waals surface area contributed by atoms with Crippen molar-refractivity contribution in [1.82, 2.24) is 4.57 Å². The number of ether oxygens (including phenoxy) is 1. The van der Waals surface area contributed by atoms with Gasteiger partial charge in [-0.3, -0.25) is 4.79 Å². The molecular formula is C22H25ClN2O6S3. The Kier molecular flexibility index (Phi) is 8.69. The van der Waals surface area contributed by atoms with Gasteiger partial charge < -0.3 is 9.30 Å². The average Bonchev–Trinajstić information content (AvgIpc) is 3.09. The van der Waals surface area contributed by atoms with E-state index in [1.165, 1.54) is 41.7 Å². The lowest BCUT2D eigenvalue weighted by atomic mass is 10.3. The summed E-state index contributed by atoms with van der Waals surface area (Å²) in [5.41, 5.74) is 0.744. The quantitative estimate of drug-likeness (QED) is 0.361. The van der Waals surface area contributed by atoms with Gasteiger partial charge in [0.1, 0.15) is 0 Å². The molecule has 0 bridgehead atoms. The second kappa shape index (κ2) is 11.1. The minimum atomic E-state index is -3.54. The van der Waals surface area contributed by atoms with Crippen molar-refractivity contribution in [3.63, 3.8) is 0 Å². The molecule has 0 saturated heterocycles. The number of nitrogens with zero attached hydrogens (tertiary/aromatic N) is 2. The highest BCUT2D eigenvalue weighted by atomic mass is 35.5. The molecule has 34 heavy (non-hydrogen) atoms. The van der Waals surface area contributed by atoms with Crippen molar-refractivity contribution < 1.29 is 26.4 Å². The summed E-state index contributed by atoms with van der Waals surface area (Å²) < 4.78 is 56.7. The van der Waals surface area contributed by atoms with E-state index in [1.807, 2.05) is 11.5 Å². The van der Waals surface area contributed by atoms with Crippen LogP contribution in [0.4, 0.5) is 0 Å². The zero-order valence-electron chi connectivity index (χ0n) is 18.7. The van der Waals surface area contributed by atoms with Crippen molar-refractivity contribution in [2.24, 2.45) is 4.99 Å². The van der Waals surface area contributed by atoms with Crippen molar-refractivity contribution in [1.29, 1.82) is 0 Å². The Morgan fingerprint density at radius 1 is 1.09 bits per heavy atom. The normalized spacial score (nSPS) is 13.0. The van der Waals surface area contributed by atoms with Crippen molar-refractivity contribution in [2.45, 2.75) is 36.1 Å². The van der Waals surface area contributed by atoms with Crippen LogP contribution >= 0.6 is 22.9 Å². The van der Waals surface area contributed by atoms with Gasteiger partial charge in [0.2, 0.25) is 5.91 Å². The summed E-state index contributed by atoms with van der Waals surface area (Å²) in [5, 5.41) is 0.442. The zero-order chi connectivity index (χ0) is 24.9. The second-order valence-electron chi connectivity index (χ2n) is 7.52. The molecule has 184 valence electrons. The molecule has 0 atom stereocenters. The summed E-state index contributed by atoms with van der Waals surface area (Å²) in [6.07, 6.45) is 1.22. The number of thiazole rings is 1. The summed E-state index contributed by atoms with van der Waals surface area (Å²) in [6.45, 7) is 3.25. The minimum absolute atomic E-state index is 0.0406. The SMILES string of the molecule is CCOCCn1c(=NC(=O)CCCS(=O)(=O)c2ccc(Cl)cc2)sc2cc(S(C)(=O)=O)ccc21. The van der Waals surface area contributed by atoms with Crippen LogP contribution in [0.3, 0.4) is 0 Å². The molecule has 12 heteroatoms. The number of hydrogen-bond donors (Lipinski definition) is 0. The fourth-order valence-electron chi connectivity index (χ4n) is 3.22. The summed E-state index contributed by atoms with van der Waals surface area (Å²) in [4.78, 5) is 17.5. The predicted octanol–water partition coefficient (Wildman–Crippen LogP) is 3.48. The van der Waals surface area contributed by atoms with Gasteiger partial charge >= 0.3 is 0 Å². The molecule has 0 aliphatic rings. The van der Waals surface area contributed by atoms with Gasteiger partial charge in [0.15, 0.2) is 24.5 Å². The van der Waals surface area contributed by atoms with E-state index >= 15 is 0 Å². The van der Waals surface area contributed by atoms with Crippen LogP contribution in [0, 0.1) is 0 Å². The largest absolute Gasteiger partial charge is 0.380 e. The smallest absolute Gasteiger partial charge is 0.248 e. The predicted molar refractivity (Wildman–Crippen MR) is 133 cm³/mol. The van der Waals surface area contributed by atoms with Crippen LogP contribution in [0.1, 0.15) is 19.8 Å².